The van der Waals surface area contributed by atoms with Crippen molar-refractivity contribution in [1.82, 2.24) is 19.6 Å². The Morgan fingerprint density at radius 2 is 1.36 bits per heavy atom. The van der Waals surface area contributed by atoms with Gasteiger partial charge in [-0.05, 0) is 49.7 Å². The van der Waals surface area contributed by atoms with Crippen LogP contribution in [0, 0.1) is 0 Å². The van der Waals surface area contributed by atoms with Crippen molar-refractivity contribution in [2.75, 3.05) is 32.2 Å². The molecule has 2 aliphatic heterocycles. The van der Waals surface area contributed by atoms with E-state index in [0.29, 0.717) is 32.2 Å². The van der Waals surface area contributed by atoms with Gasteiger partial charge in [-0.25, -0.2) is 0 Å². The fourth-order valence-electron chi connectivity index (χ4n) is 3.15. The Morgan fingerprint density at radius 3 is 1.75 bits per heavy atom. The smallest absolute Gasteiger partial charge is 0.152 e. The highest BCUT2D eigenvalue weighted by Gasteiger charge is 2.42. The van der Waals surface area contributed by atoms with E-state index in [4.69, 9.17) is 15.2 Å². The van der Waals surface area contributed by atoms with Crippen molar-refractivity contribution in [3.05, 3.63) is 28.1 Å². The van der Waals surface area contributed by atoms with Gasteiger partial charge in [-0.15, -0.1) is 0 Å². The van der Waals surface area contributed by atoms with Gasteiger partial charge in [0.05, 0.1) is 37.8 Å². The molecule has 156 valence electrons. The molecule has 4 heterocycles. The van der Waals surface area contributed by atoms with E-state index in [1.54, 1.807) is 10.7 Å². The first kappa shape index (κ1) is 21.3. The number of aliphatic hydroxyl groups is 2. The molecule has 4 N–H and O–H groups in total. The van der Waals surface area contributed by atoms with Gasteiger partial charge in [-0.3, -0.25) is 9.36 Å². The summed E-state index contributed by atoms with van der Waals surface area (Å²) in [5.74, 6) is 0.439. The molecule has 9 nitrogen and oxygen atoms in total. The molecule has 0 atom stereocenters. The SMILES string of the molecule is CC(C)n1nc(Br)cc1C1(O)COC1.CC(C)n1nc(N)cc1C1(O)COC1. The number of hydrogen-bond acceptors (Lipinski definition) is 7. The van der Waals surface area contributed by atoms with Crippen molar-refractivity contribution >= 4 is 21.7 Å². The Hall–Kier alpha value is -1.46. The molecule has 0 amide bonds. The second-order valence-corrected chi connectivity index (χ2v) is 8.74. The largest absolute Gasteiger partial charge is 0.382 e. The standard InChI is InChI=1S/C9H13BrN2O2.C9H15N3O2/c2*1-6(2)12-7(3-8(10)11-12)9(13)4-14-5-9/h3,6,13H,4-5H2,1-2H3;3,6,13H,4-5H2,1-2H3,(H2,10,11). The third-order valence-corrected chi connectivity index (χ3v) is 5.14. The molecule has 0 radical (unpaired) electrons. The predicted octanol–water partition coefficient (Wildman–Crippen LogP) is 1.71. The topological polar surface area (TPSA) is 121 Å². The van der Waals surface area contributed by atoms with Crippen LogP contribution in [-0.2, 0) is 20.7 Å². The molecule has 0 unspecified atom stereocenters. The monoisotopic (exact) mass is 457 g/mol. The molecule has 0 aromatic carbocycles. The quantitative estimate of drug-likeness (QED) is 0.638. The Morgan fingerprint density at radius 1 is 0.929 bits per heavy atom. The summed E-state index contributed by atoms with van der Waals surface area (Å²) in [4.78, 5) is 0. The van der Waals surface area contributed by atoms with E-state index in [1.807, 2.05) is 38.4 Å². The summed E-state index contributed by atoms with van der Waals surface area (Å²) in [6.07, 6.45) is 0. The Kier molecular flexibility index (Phi) is 5.88. The molecule has 0 aliphatic carbocycles. The van der Waals surface area contributed by atoms with E-state index >= 15 is 0 Å². The molecule has 28 heavy (non-hydrogen) atoms. The van der Waals surface area contributed by atoms with Crippen LogP contribution in [0.4, 0.5) is 5.82 Å². The molecule has 2 saturated heterocycles. The lowest BCUT2D eigenvalue weighted by Crippen LogP contribution is -2.48. The van der Waals surface area contributed by atoms with Crippen LogP contribution in [0.5, 0.6) is 0 Å². The van der Waals surface area contributed by atoms with Crippen LogP contribution in [0.25, 0.3) is 0 Å². The first-order valence-electron chi connectivity index (χ1n) is 9.27. The molecule has 2 aromatic heterocycles. The summed E-state index contributed by atoms with van der Waals surface area (Å²) in [6.45, 7) is 9.43. The van der Waals surface area contributed by atoms with Gasteiger partial charge in [0, 0.05) is 18.2 Å². The predicted molar refractivity (Wildman–Crippen MR) is 107 cm³/mol. The first-order valence-corrected chi connectivity index (χ1v) is 10.1. The molecule has 4 rings (SSSR count). The number of halogens is 1. The molecule has 2 fully saturated rings. The third kappa shape index (κ3) is 3.97. The number of aromatic nitrogens is 4. The number of anilines is 1. The number of hydrogen-bond donors (Lipinski definition) is 3. The zero-order valence-electron chi connectivity index (χ0n) is 16.6. The van der Waals surface area contributed by atoms with Crippen LogP contribution in [0.15, 0.2) is 16.7 Å². The summed E-state index contributed by atoms with van der Waals surface area (Å²) in [5, 5.41) is 28.6. The van der Waals surface area contributed by atoms with Gasteiger partial charge in [0.25, 0.3) is 0 Å². The highest BCUT2D eigenvalue weighted by molar-refractivity contribution is 9.10. The van der Waals surface area contributed by atoms with Gasteiger partial charge in [-0.1, -0.05) is 0 Å². The number of nitrogens with zero attached hydrogens (tertiary/aromatic N) is 4. The van der Waals surface area contributed by atoms with Crippen LogP contribution >= 0.6 is 15.9 Å². The van der Waals surface area contributed by atoms with Crippen molar-refractivity contribution < 1.29 is 19.7 Å². The van der Waals surface area contributed by atoms with E-state index < -0.39 is 11.2 Å². The van der Waals surface area contributed by atoms with E-state index in [2.05, 4.69) is 26.1 Å². The number of rotatable bonds is 4. The van der Waals surface area contributed by atoms with E-state index in [9.17, 15) is 10.2 Å². The van der Waals surface area contributed by atoms with Crippen molar-refractivity contribution in [2.24, 2.45) is 0 Å². The van der Waals surface area contributed by atoms with Gasteiger partial charge in [0.1, 0.15) is 10.4 Å². The Balaban J connectivity index is 0.000000161. The molecule has 0 saturated carbocycles. The fraction of sp³-hybridized carbons (Fsp3) is 0.667. The molecule has 10 heteroatoms. The molecule has 0 bridgehead atoms. The average molecular weight is 458 g/mol. The minimum absolute atomic E-state index is 0.187. The van der Waals surface area contributed by atoms with Gasteiger partial charge in [-0.2, -0.15) is 10.2 Å². The maximum atomic E-state index is 10.1. The second kappa shape index (κ2) is 7.75. The number of nitrogen functional groups attached to an aromatic ring is 1. The van der Waals surface area contributed by atoms with E-state index in [-0.39, 0.29) is 12.1 Å². The maximum absolute atomic E-state index is 10.1. The molecule has 2 aromatic rings. The van der Waals surface area contributed by atoms with Crippen LogP contribution in [0.1, 0.15) is 51.2 Å². The van der Waals surface area contributed by atoms with Crippen LogP contribution in [-0.4, -0.2) is 56.2 Å². The lowest BCUT2D eigenvalue weighted by molar-refractivity contribution is -0.189. The number of ether oxygens (including phenoxy) is 2. The minimum atomic E-state index is -0.894. The van der Waals surface area contributed by atoms with E-state index in [0.717, 1.165) is 16.0 Å². The van der Waals surface area contributed by atoms with Gasteiger partial charge >= 0.3 is 0 Å². The van der Waals surface area contributed by atoms with Crippen LogP contribution < -0.4 is 5.73 Å². The summed E-state index contributed by atoms with van der Waals surface area (Å²) in [5.41, 5.74) is 5.44. The molecule has 0 spiro atoms. The van der Waals surface area contributed by atoms with Gasteiger partial charge in [0.2, 0.25) is 0 Å². The minimum Gasteiger partial charge on any atom is -0.382 e. The van der Waals surface area contributed by atoms with Gasteiger partial charge in [0.15, 0.2) is 11.2 Å². The number of nitrogens with two attached hydrogens (primary N) is 1. The second-order valence-electron chi connectivity index (χ2n) is 7.93. The van der Waals surface area contributed by atoms with Crippen molar-refractivity contribution in [2.45, 2.75) is 51.0 Å². The zero-order valence-corrected chi connectivity index (χ0v) is 18.2. The normalized spacial score (nSPS) is 19.8. The van der Waals surface area contributed by atoms with Gasteiger partial charge < -0.3 is 25.4 Å². The molecular formula is C18H28BrN5O4. The van der Waals surface area contributed by atoms with Crippen LogP contribution in [0.3, 0.4) is 0 Å². The lowest BCUT2D eigenvalue weighted by Gasteiger charge is -2.36. The summed E-state index contributed by atoms with van der Waals surface area (Å²) in [7, 11) is 0. The lowest BCUT2D eigenvalue weighted by atomic mass is 9.97. The maximum Gasteiger partial charge on any atom is 0.152 e. The summed E-state index contributed by atoms with van der Waals surface area (Å²) >= 11 is 3.31. The van der Waals surface area contributed by atoms with Crippen LogP contribution in [0.2, 0.25) is 0 Å². The Bertz CT molecular complexity index is 756. The van der Waals surface area contributed by atoms with Crippen molar-refractivity contribution in [1.29, 1.82) is 0 Å². The van der Waals surface area contributed by atoms with Crippen molar-refractivity contribution in [3.8, 4) is 0 Å². The zero-order chi connectivity index (χ0) is 20.7. The molecule has 2 aliphatic rings. The van der Waals surface area contributed by atoms with Crippen molar-refractivity contribution in [3.63, 3.8) is 0 Å². The average Bonchev–Trinajstić information content (AvgIpc) is 3.14. The summed E-state index contributed by atoms with van der Waals surface area (Å²) < 4.78 is 14.4. The molecular weight excluding hydrogens is 430 g/mol. The first-order chi connectivity index (χ1) is 13.1. The fourth-order valence-corrected chi connectivity index (χ4v) is 3.53. The van der Waals surface area contributed by atoms with E-state index in [1.165, 1.54) is 0 Å². The highest BCUT2D eigenvalue weighted by atomic mass is 79.9. The Labute approximate surface area is 172 Å². The third-order valence-electron chi connectivity index (χ3n) is 4.76. The highest BCUT2D eigenvalue weighted by Crippen LogP contribution is 2.33. The summed E-state index contributed by atoms with van der Waals surface area (Å²) in [6, 6.07) is 3.98.